The lowest BCUT2D eigenvalue weighted by Gasteiger charge is -2.26. The van der Waals surface area contributed by atoms with Crippen LogP contribution >= 0.6 is 11.6 Å². The van der Waals surface area contributed by atoms with E-state index in [4.69, 9.17) is 16.3 Å². The van der Waals surface area contributed by atoms with Crippen molar-refractivity contribution in [2.75, 3.05) is 0 Å². The average Bonchev–Trinajstić information content (AvgIpc) is 2.32. The molecule has 7 heteroatoms. The number of hydrogen-bond donors (Lipinski definition) is 0. The molecule has 1 heterocycles. The molecule has 0 unspecified atom stereocenters. The predicted octanol–water partition coefficient (Wildman–Crippen LogP) is 3.00. The number of aromatic nitrogens is 2. The Kier molecular flexibility index (Phi) is 3.96. The third-order valence-electron chi connectivity index (χ3n) is 3.14. The predicted molar refractivity (Wildman–Crippen MR) is 65.7 cm³/mol. The van der Waals surface area contributed by atoms with E-state index in [0.29, 0.717) is 5.92 Å². The molecule has 0 spiro atoms. The second kappa shape index (κ2) is 5.48. The van der Waals surface area contributed by atoms with Crippen LogP contribution in [0.15, 0.2) is 6.20 Å². The van der Waals surface area contributed by atoms with Gasteiger partial charge in [-0.3, -0.25) is 10.1 Å². The molecule has 0 bridgehead atoms. The van der Waals surface area contributed by atoms with E-state index in [2.05, 4.69) is 16.9 Å². The smallest absolute Gasteiger partial charge is 0.349 e. The third kappa shape index (κ3) is 3.07. The summed E-state index contributed by atoms with van der Waals surface area (Å²) in [5, 5.41) is 10.8. The van der Waals surface area contributed by atoms with Crippen LogP contribution in [-0.4, -0.2) is 21.0 Å². The Morgan fingerprint density at radius 2 is 2.11 bits per heavy atom. The van der Waals surface area contributed by atoms with E-state index in [9.17, 15) is 10.1 Å². The minimum atomic E-state index is -0.558. The molecule has 1 aromatic heterocycles. The summed E-state index contributed by atoms with van der Waals surface area (Å²) in [5.74, 6) is 0.661. The van der Waals surface area contributed by atoms with Gasteiger partial charge < -0.3 is 4.74 Å². The summed E-state index contributed by atoms with van der Waals surface area (Å²) in [6.45, 7) is 2.19. The minimum Gasteiger partial charge on any atom is -0.469 e. The van der Waals surface area contributed by atoms with Crippen LogP contribution in [0.4, 0.5) is 5.69 Å². The van der Waals surface area contributed by atoms with Gasteiger partial charge in [0, 0.05) is 0 Å². The van der Waals surface area contributed by atoms with Crippen molar-refractivity contribution < 1.29 is 9.66 Å². The quantitative estimate of drug-likeness (QED) is 0.480. The molecule has 0 atom stereocenters. The molecule has 2 rings (SSSR count). The van der Waals surface area contributed by atoms with Crippen LogP contribution in [0.25, 0.3) is 0 Å². The maximum Gasteiger partial charge on any atom is 0.349 e. The first-order valence-corrected chi connectivity index (χ1v) is 6.27. The van der Waals surface area contributed by atoms with Gasteiger partial charge in [-0.2, -0.15) is 4.98 Å². The Hall–Kier alpha value is -1.43. The maximum absolute atomic E-state index is 10.8. The zero-order valence-corrected chi connectivity index (χ0v) is 10.8. The molecular formula is C11H14ClN3O3. The van der Waals surface area contributed by atoms with Gasteiger partial charge in [0.15, 0.2) is 0 Å². The highest BCUT2D eigenvalue weighted by atomic mass is 35.5. The van der Waals surface area contributed by atoms with Crippen LogP contribution in [0.3, 0.4) is 0 Å². The van der Waals surface area contributed by atoms with Gasteiger partial charge in [-0.15, -0.1) is 0 Å². The fourth-order valence-corrected chi connectivity index (χ4v) is 2.18. The van der Waals surface area contributed by atoms with Crippen molar-refractivity contribution in [3.05, 3.63) is 21.6 Å². The molecule has 1 fully saturated rings. The molecule has 1 aromatic rings. The number of rotatable bonds is 3. The van der Waals surface area contributed by atoms with Crippen LogP contribution in [-0.2, 0) is 0 Å². The lowest BCUT2D eigenvalue weighted by atomic mass is 9.89. The number of ether oxygens (including phenoxy) is 1. The Morgan fingerprint density at radius 1 is 1.44 bits per heavy atom. The summed E-state index contributed by atoms with van der Waals surface area (Å²) in [5.41, 5.74) is -0.238. The van der Waals surface area contributed by atoms with Crippen molar-refractivity contribution in [3.63, 3.8) is 0 Å². The van der Waals surface area contributed by atoms with E-state index in [0.717, 1.165) is 31.9 Å². The fourth-order valence-electron chi connectivity index (χ4n) is 2.06. The maximum atomic E-state index is 10.8. The largest absolute Gasteiger partial charge is 0.469 e. The van der Waals surface area contributed by atoms with Gasteiger partial charge in [-0.05, 0) is 43.2 Å². The molecule has 0 amide bonds. The van der Waals surface area contributed by atoms with Crippen molar-refractivity contribution in [1.29, 1.82) is 0 Å². The summed E-state index contributed by atoms with van der Waals surface area (Å²) < 4.78 is 5.60. The van der Waals surface area contributed by atoms with Crippen LogP contribution in [0.5, 0.6) is 5.88 Å². The van der Waals surface area contributed by atoms with E-state index in [1.807, 2.05) is 0 Å². The van der Waals surface area contributed by atoms with Gasteiger partial charge in [0.05, 0.1) is 4.92 Å². The molecule has 1 aliphatic carbocycles. The molecule has 6 nitrogen and oxygen atoms in total. The lowest BCUT2D eigenvalue weighted by Crippen LogP contribution is -2.23. The highest BCUT2D eigenvalue weighted by molar-refractivity contribution is 6.28. The third-order valence-corrected chi connectivity index (χ3v) is 3.33. The van der Waals surface area contributed by atoms with Crippen molar-refractivity contribution in [1.82, 2.24) is 9.97 Å². The standard InChI is InChI=1S/C11H14ClN3O3/c1-7-2-4-8(5-3-7)18-10-9(15(16)17)6-13-11(12)14-10/h6-8H,2-5H2,1H3. The van der Waals surface area contributed by atoms with E-state index in [1.54, 1.807) is 0 Å². The zero-order valence-electron chi connectivity index (χ0n) is 10.0. The molecule has 1 aliphatic rings. The van der Waals surface area contributed by atoms with E-state index in [-0.39, 0.29) is 23.0 Å². The first-order valence-electron chi connectivity index (χ1n) is 5.90. The summed E-state index contributed by atoms with van der Waals surface area (Å²) in [7, 11) is 0. The highest BCUT2D eigenvalue weighted by Gasteiger charge is 2.25. The second-order valence-electron chi connectivity index (χ2n) is 4.59. The van der Waals surface area contributed by atoms with Gasteiger partial charge in [0.2, 0.25) is 5.28 Å². The Labute approximate surface area is 109 Å². The first-order chi connectivity index (χ1) is 8.56. The number of halogens is 1. The molecule has 0 aliphatic heterocycles. The van der Waals surface area contributed by atoms with Gasteiger partial charge >= 0.3 is 5.69 Å². The molecule has 0 saturated heterocycles. The molecule has 0 N–H and O–H groups in total. The lowest BCUT2D eigenvalue weighted by molar-refractivity contribution is -0.386. The van der Waals surface area contributed by atoms with Gasteiger partial charge in [-0.25, -0.2) is 4.98 Å². The zero-order chi connectivity index (χ0) is 13.1. The highest BCUT2D eigenvalue weighted by Crippen LogP contribution is 2.30. The molecule has 98 valence electrons. The van der Waals surface area contributed by atoms with Gasteiger partial charge in [0.1, 0.15) is 12.3 Å². The monoisotopic (exact) mass is 271 g/mol. The normalized spacial score (nSPS) is 23.7. The summed E-state index contributed by atoms with van der Waals surface area (Å²) in [6.07, 6.45) is 4.97. The van der Waals surface area contributed by atoms with E-state index >= 15 is 0 Å². The van der Waals surface area contributed by atoms with Crippen LogP contribution in [0.1, 0.15) is 32.6 Å². The SMILES string of the molecule is CC1CCC(Oc2nc(Cl)ncc2[N+](=O)[O-])CC1. The summed E-state index contributed by atoms with van der Waals surface area (Å²) in [6, 6.07) is 0. The Morgan fingerprint density at radius 3 is 2.72 bits per heavy atom. The topological polar surface area (TPSA) is 78.2 Å². The van der Waals surface area contributed by atoms with Crippen molar-refractivity contribution in [2.24, 2.45) is 5.92 Å². The molecular weight excluding hydrogens is 258 g/mol. The van der Waals surface area contributed by atoms with Crippen molar-refractivity contribution in [2.45, 2.75) is 38.7 Å². The first kappa shape index (κ1) is 13.0. The average molecular weight is 272 g/mol. The minimum absolute atomic E-state index is 0.0223. The van der Waals surface area contributed by atoms with E-state index < -0.39 is 4.92 Å². The van der Waals surface area contributed by atoms with Crippen molar-refractivity contribution >= 4 is 17.3 Å². The van der Waals surface area contributed by atoms with Gasteiger partial charge in [0.25, 0.3) is 5.88 Å². The van der Waals surface area contributed by atoms with E-state index in [1.165, 1.54) is 0 Å². The number of nitrogens with zero attached hydrogens (tertiary/aromatic N) is 3. The Bertz CT molecular complexity index is 447. The molecule has 0 aromatic carbocycles. The Balaban J connectivity index is 2.12. The van der Waals surface area contributed by atoms with Crippen molar-refractivity contribution in [3.8, 4) is 5.88 Å². The van der Waals surface area contributed by atoms with Crippen LogP contribution in [0.2, 0.25) is 5.28 Å². The fraction of sp³-hybridized carbons (Fsp3) is 0.636. The molecule has 0 radical (unpaired) electrons. The summed E-state index contributed by atoms with van der Waals surface area (Å²) >= 11 is 5.64. The van der Waals surface area contributed by atoms with Crippen LogP contribution < -0.4 is 4.74 Å². The second-order valence-corrected chi connectivity index (χ2v) is 4.92. The van der Waals surface area contributed by atoms with Gasteiger partial charge in [-0.1, -0.05) is 6.92 Å². The number of hydrogen-bond acceptors (Lipinski definition) is 5. The molecule has 18 heavy (non-hydrogen) atoms. The summed E-state index contributed by atoms with van der Waals surface area (Å²) in [4.78, 5) is 17.7. The number of nitro groups is 1. The van der Waals surface area contributed by atoms with Crippen LogP contribution in [0, 0.1) is 16.0 Å². The molecule has 1 saturated carbocycles.